The fraction of sp³-hybridized carbons (Fsp3) is 0.440. The molecule has 2 aromatic carbocycles. The Morgan fingerprint density at radius 1 is 1.19 bits per heavy atom. The van der Waals surface area contributed by atoms with Gasteiger partial charge in [-0.05, 0) is 55.7 Å². The van der Waals surface area contributed by atoms with E-state index in [0.717, 1.165) is 37.0 Å². The van der Waals surface area contributed by atoms with E-state index in [4.69, 9.17) is 9.47 Å². The largest absolute Gasteiger partial charge is 0.497 e. The molecule has 1 aliphatic carbocycles. The number of anilines is 1. The van der Waals surface area contributed by atoms with Crippen LogP contribution in [-0.2, 0) is 9.59 Å². The van der Waals surface area contributed by atoms with Gasteiger partial charge in [0.05, 0.1) is 7.11 Å². The quantitative estimate of drug-likeness (QED) is 0.754. The zero-order valence-corrected chi connectivity index (χ0v) is 18.0. The molecule has 0 unspecified atom stereocenters. The fourth-order valence-electron chi connectivity index (χ4n) is 5.90. The maximum Gasteiger partial charge on any atom is 0.238 e. The molecule has 2 aromatic rings. The average Bonchev–Trinajstić information content (AvgIpc) is 2.79. The molecule has 162 valence electrons. The van der Waals surface area contributed by atoms with Crippen molar-refractivity contribution in [2.75, 3.05) is 19.0 Å². The molecule has 4 atom stereocenters. The summed E-state index contributed by atoms with van der Waals surface area (Å²) in [6, 6.07) is 15.1. The third-order valence-electron chi connectivity index (χ3n) is 7.18. The fourth-order valence-corrected chi connectivity index (χ4v) is 5.90. The van der Waals surface area contributed by atoms with Gasteiger partial charge < -0.3 is 19.7 Å². The first kappa shape index (κ1) is 19.9. The highest BCUT2D eigenvalue weighted by Crippen LogP contribution is 2.58. The van der Waals surface area contributed by atoms with Crippen LogP contribution < -0.4 is 14.8 Å². The number of carbonyl (C=O) groups is 2. The van der Waals surface area contributed by atoms with E-state index in [1.165, 1.54) is 0 Å². The van der Waals surface area contributed by atoms with Crippen LogP contribution in [-0.4, -0.2) is 36.1 Å². The van der Waals surface area contributed by atoms with Crippen LogP contribution in [0.2, 0.25) is 0 Å². The van der Waals surface area contributed by atoms with Gasteiger partial charge in [0, 0.05) is 30.5 Å². The molecule has 2 aliphatic heterocycles. The SMILES string of the molecule is CCN1C(=O)[C@@H](C(=O)Nc2ccc(OC)cc2)[C@H]2c3ccccc3O[C@@]13CCCC[C@@H]23. The summed E-state index contributed by atoms with van der Waals surface area (Å²) in [5.74, 6) is 0.288. The van der Waals surface area contributed by atoms with E-state index in [2.05, 4.69) is 5.32 Å². The molecule has 1 N–H and O–H groups in total. The van der Waals surface area contributed by atoms with E-state index in [1.54, 1.807) is 31.4 Å². The van der Waals surface area contributed by atoms with Crippen LogP contribution in [0.5, 0.6) is 11.5 Å². The second-order valence-electron chi connectivity index (χ2n) is 8.64. The number of hydrogen-bond donors (Lipinski definition) is 1. The highest BCUT2D eigenvalue weighted by molar-refractivity contribution is 6.08. The molecule has 2 fully saturated rings. The third-order valence-corrected chi connectivity index (χ3v) is 7.18. The van der Waals surface area contributed by atoms with E-state index in [9.17, 15) is 9.59 Å². The number of methoxy groups -OCH3 is 1. The first-order chi connectivity index (χ1) is 15.1. The van der Waals surface area contributed by atoms with Crippen molar-refractivity contribution in [2.45, 2.75) is 44.2 Å². The van der Waals surface area contributed by atoms with Gasteiger partial charge in [-0.2, -0.15) is 0 Å². The summed E-state index contributed by atoms with van der Waals surface area (Å²) in [5.41, 5.74) is 0.992. The van der Waals surface area contributed by atoms with Crippen LogP contribution in [0, 0.1) is 11.8 Å². The number of hydrogen-bond acceptors (Lipinski definition) is 4. The maximum atomic E-state index is 13.7. The number of para-hydroxylation sites is 1. The number of benzene rings is 2. The summed E-state index contributed by atoms with van der Waals surface area (Å²) >= 11 is 0. The second kappa shape index (κ2) is 7.59. The summed E-state index contributed by atoms with van der Waals surface area (Å²) in [6.45, 7) is 2.50. The van der Waals surface area contributed by atoms with Crippen LogP contribution >= 0.6 is 0 Å². The highest BCUT2D eigenvalue weighted by Gasteiger charge is 2.64. The molecule has 2 heterocycles. The number of fused-ring (bicyclic) bond motifs is 2. The number of nitrogens with zero attached hydrogens (tertiary/aromatic N) is 1. The Kier molecular flexibility index (Phi) is 4.88. The first-order valence-corrected chi connectivity index (χ1v) is 11.1. The molecule has 6 nitrogen and oxygen atoms in total. The number of nitrogens with one attached hydrogen (secondary N) is 1. The average molecular weight is 421 g/mol. The lowest BCUT2D eigenvalue weighted by atomic mass is 9.61. The van der Waals surface area contributed by atoms with Gasteiger partial charge in [-0.1, -0.05) is 24.6 Å². The van der Waals surface area contributed by atoms with Gasteiger partial charge >= 0.3 is 0 Å². The molecule has 3 aliphatic rings. The lowest BCUT2D eigenvalue weighted by molar-refractivity contribution is -0.206. The van der Waals surface area contributed by atoms with Gasteiger partial charge in [-0.3, -0.25) is 9.59 Å². The Labute approximate surface area is 182 Å². The van der Waals surface area contributed by atoms with Gasteiger partial charge in [-0.15, -0.1) is 0 Å². The van der Waals surface area contributed by atoms with Gasteiger partial charge in [0.15, 0.2) is 5.72 Å². The number of carbonyl (C=O) groups excluding carboxylic acids is 2. The Morgan fingerprint density at radius 2 is 1.97 bits per heavy atom. The van der Waals surface area contributed by atoms with Gasteiger partial charge in [0.1, 0.15) is 17.4 Å². The monoisotopic (exact) mass is 420 g/mol. The summed E-state index contributed by atoms with van der Waals surface area (Å²) < 4.78 is 11.8. The Morgan fingerprint density at radius 3 is 2.71 bits per heavy atom. The molecule has 1 saturated heterocycles. The summed E-state index contributed by atoms with van der Waals surface area (Å²) in [6.07, 6.45) is 3.88. The number of rotatable bonds is 4. The molecule has 2 bridgehead atoms. The van der Waals surface area contributed by atoms with Crippen LogP contribution in [0.3, 0.4) is 0 Å². The minimum atomic E-state index is -0.775. The minimum absolute atomic E-state index is 0.111. The minimum Gasteiger partial charge on any atom is -0.497 e. The number of piperidine rings is 1. The van der Waals surface area contributed by atoms with Gasteiger partial charge in [0.2, 0.25) is 11.8 Å². The van der Waals surface area contributed by atoms with Crippen molar-refractivity contribution >= 4 is 17.5 Å². The van der Waals surface area contributed by atoms with Crippen LogP contribution in [0.4, 0.5) is 5.69 Å². The van der Waals surface area contributed by atoms with Crippen LogP contribution in [0.1, 0.15) is 44.1 Å². The number of likely N-dealkylation sites (tertiary alicyclic amines) is 1. The van der Waals surface area contributed by atoms with Crippen LogP contribution in [0.15, 0.2) is 48.5 Å². The maximum absolute atomic E-state index is 13.7. The van der Waals surface area contributed by atoms with Crippen LogP contribution in [0.25, 0.3) is 0 Å². The highest BCUT2D eigenvalue weighted by atomic mass is 16.5. The van der Waals surface area contributed by atoms with E-state index in [-0.39, 0.29) is 23.7 Å². The number of ether oxygens (including phenoxy) is 2. The molecule has 5 rings (SSSR count). The summed E-state index contributed by atoms with van der Waals surface area (Å²) in [4.78, 5) is 29.1. The van der Waals surface area contributed by atoms with Gasteiger partial charge in [0.25, 0.3) is 0 Å². The molecule has 0 radical (unpaired) electrons. The van der Waals surface area contributed by atoms with E-state index in [0.29, 0.717) is 18.0 Å². The second-order valence-corrected chi connectivity index (χ2v) is 8.64. The lowest BCUT2D eigenvalue weighted by Gasteiger charge is -2.60. The summed E-state index contributed by atoms with van der Waals surface area (Å²) in [7, 11) is 1.60. The molecule has 6 heteroatoms. The normalized spacial score (nSPS) is 28.8. The van der Waals surface area contributed by atoms with E-state index >= 15 is 0 Å². The molecule has 0 spiro atoms. The lowest BCUT2D eigenvalue weighted by Crippen LogP contribution is -2.71. The Bertz CT molecular complexity index is 1000. The zero-order chi connectivity index (χ0) is 21.6. The standard InChI is InChI=1S/C25H28N2O4/c1-3-27-24(29)22(23(28)26-16-11-13-17(30-2)14-12-16)21-18-8-4-5-10-20(18)31-25(27)15-7-6-9-19(21)25/h4-5,8,10-14,19,21-22H,3,6-7,9,15H2,1-2H3,(H,26,28)/t19-,21-,22+,25+/m0/s1. The van der Waals surface area contributed by atoms with Crippen molar-refractivity contribution in [1.29, 1.82) is 0 Å². The molecular formula is C25H28N2O4. The zero-order valence-electron chi connectivity index (χ0n) is 18.0. The third kappa shape index (κ3) is 2.99. The molecule has 31 heavy (non-hydrogen) atoms. The molecule has 0 aromatic heterocycles. The van der Waals surface area contributed by atoms with E-state index in [1.807, 2.05) is 36.1 Å². The Hall–Kier alpha value is -3.02. The van der Waals surface area contributed by atoms with Crippen molar-refractivity contribution in [3.05, 3.63) is 54.1 Å². The topological polar surface area (TPSA) is 67.9 Å². The number of amides is 2. The predicted octanol–water partition coefficient (Wildman–Crippen LogP) is 4.17. The first-order valence-electron chi connectivity index (χ1n) is 11.1. The molecule has 1 saturated carbocycles. The smallest absolute Gasteiger partial charge is 0.238 e. The van der Waals surface area contributed by atoms with Crippen molar-refractivity contribution in [2.24, 2.45) is 11.8 Å². The summed E-state index contributed by atoms with van der Waals surface area (Å²) in [5, 5.41) is 2.98. The van der Waals surface area contributed by atoms with Crippen molar-refractivity contribution in [3.8, 4) is 11.5 Å². The molecule has 2 amide bonds. The molecular weight excluding hydrogens is 392 g/mol. The Balaban J connectivity index is 1.57. The van der Waals surface area contributed by atoms with Crippen molar-refractivity contribution in [3.63, 3.8) is 0 Å². The predicted molar refractivity (Wildman–Crippen MR) is 117 cm³/mol. The van der Waals surface area contributed by atoms with Gasteiger partial charge in [-0.25, -0.2) is 0 Å². The van der Waals surface area contributed by atoms with E-state index < -0.39 is 11.6 Å². The van der Waals surface area contributed by atoms with Crippen molar-refractivity contribution in [1.82, 2.24) is 4.90 Å². The van der Waals surface area contributed by atoms with Crippen molar-refractivity contribution < 1.29 is 19.1 Å².